The molecular weight excluding hydrogens is 318 g/mol. The second-order valence-electron chi connectivity index (χ2n) is 6.03. The fourth-order valence-electron chi connectivity index (χ4n) is 2.57. The Morgan fingerprint density at radius 3 is 2.64 bits per heavy atom. The number of hydrogen-bond donors (Lipinski definition) is 3. The highest BCUT2D eigenvalue weighted by atomic mass is 16.5. The normalized spacial score (nSPS) is 18.9. The van der Waals surface area contributed by atoms with E-state index in [2.05, 4.69) is 10.6 Å². The summed E-state index contributed by atoms with van der Waals surface area (Å²) in [5.74, 6) is 1.03. The number of ether oxygens (including phenoxy) is 2. The predicted molar refractivity (Wildman–Crippen MR) is 100.0 cm³/mol. The maximum atomic E-state index is 12.1. The number of anilines is 1. The number of carbonyl (C=O) groups is 1. The van der Waals surface area contributed by atoms with Crippen molar-refractivity contribution >= 4 is 11.7 Å². The van der Waals surface area contributed by atoms with Gasteiger partial charge in [-0.3, -0.25) is 5.73 Å². The summed E-state index contributed by atoms with van der Waals surface area (Å²) < 4.78 is 11.3. The Morgan fingerprint density at radius 1 is 1.28 bits per heavy atom. The monoisotopic (exact) mass is 345 g/mol. The van der Waals surface area contributed by atoms with E-state index in [-0.39, 0.29) is 12.1 Å². The van der Waals surface area contributed by atoms with E-state index in [1.54, 1.807) is 25.3 Å². The van der Waals surface area contributed by atoms with Crippen LogP contribution in [-0.2, 0) is 0 Å². The second kappa shape index (κ2) is 8.58. The van der Waals surface area contributed by atoms with E-state index >= 15 is 0 Å². The van der Waals surface area contributed by atoms with Crippen molar-refractivity contribution in [3.8, 4) is 11.5 Å². The molecule has 0 aliphatic heterocycles. The van der Waals surface area contributed by atoms with Gasteiger partial charge in [0.15, 0.2) is 17.2 Å². The van der Waals surface area contributed by atoms with E-state index in [9.17, 15) is 4.79 Å². The number of methoxy groups -OCH3 is 1. The van der Waals surface area contributed by atoms with Gasteiger partial charge in [0, 0.05) is 24.2 Å². The van der Waals surface area contributed by atoms with Gasteiger partial charge in [-0.25, -0.2) is 4.79 Å². The molecule has 1 aromatic carbocycles. The molecule has 0 radical (unpaired) electrons. The molecule has 2 rings (SSSR count). The van der Waals surface area contributed by atoms with E-state index in [1.807, 2.05) is 38.2 Å². The third kappa shape index (κ3) is 5.26. The molecule has 0 bridgehead atoms. The Kier molecular flexibility index (Phi) is 6.47. The van der Waals surface area contributed by atoms with Crippen LogP contribution in [0.4, 0.5) is 10.5 Å². The smallest absolute Gasteiger partial charge is 0.319 e. The van der Waals surface area contributed by atoms with E-state index in [0.29, 0.717) is 23.6 Å². The molecule has 25 heavy (non-hydrogen) atoms. The highest BCUT2D eigenvalue weighted by molar-refractivity contribution is 5.89. The van der Waals surface area contributed by atoms with Crippen LogP contribution in [0.2, 0.25) is 0 Å². The minimum Gasteiger partial charge on any atom is -0.493 e. The van der Waals surface area contributed by atoms with Crippen molar-refractivity contribution < 1.29 is 14.3 Å². The number of rotatable bonds is 7. The zero-order valence-corrected chi connectivity index (χ0v) is 15.0. The van der Waals surface area contributed by atoms with Crippen molar-refractivity contribution in [2.45, 2.75) is 44.9 Å². The average Bonchev–Trinajstić information content (AvgIpc) is 2.61. The van der Waals surface area contributed by atoms with Gasteiger partial charge in [-0.05, 0) is 31.1 Å². The molecule has 2 amide bonds. The lowest BCUT2D eigenvalue weighted by Crippen LogP contribution is -2.44. The summed E-state index contributed by atoms with van der Waals surface area (Å²) in [6.07, 6.45) is 9.89. The number of nitrogens with two attached hydrogens (primary N) is 1. The van der Waals surface area contributed by atoms with Crippen LogP contribution in [-0.4, -0.2) is 24.9 Å². The van der Waals surface area contributed by atoms with Crippen LogP contribution in [0.5, 0.6) is 11.5 Å². The van der Waals surface area contributed by atoms with Gasteiger partial charge in [0.2, 0.25) is 0 Å². The number of nitrogens with one attached hydrogen (secondary N) is 2. The lowest BCUT2D eigenvalue weighted by Gasteiger charge is -2.28. The maximum absolute atomic E-state index is 12.1. The van der Waals surface area contributed by atoms with Crippen molar-refractivity contribution in [1.82, 2.24) is 5.32 Å². The van der Waals surface area contributed by atoms with Gasteiger partial charge in [0.25, 0.3) is 0 Å². The highest BCUT2D eigenvalue weighted by Crippen LogP contribution is 2.33. The van der Waals surface area contributed by atoms with Gasteiger partial charge in [0.1, 0.15) is 0 Å². The SMILES string of the molecule is CCC(CC)NC(=O)Nc1ccc(OC2(N)C=CC=CC2)c(OC)c1. The minimum absolute atomic E-state index is 0.160. The Balaban J connectivity index is 2.07. The molecule has 0 spiro atoms. The molecule has 1 aliphatic rings. The van der Waals surface area contributed by atoms with Crippen molar-refractivity contribution in [2.24, 2.45) is 5.73 Å². The van der Waals surface area contributed by atoms with Crippen molar-refractivity contribution in [3.05, 3.63) is 42.5 Å². The van der Waals surface area contributed by atoms with E-state index in [0.717, 1.165) is 12.8 Å². The molecule has 6 nitrogen and oxygen atoms in total. The summed E-state index contributed by atoms with van der Waals surface area (Å²) in [6, 6.07) is 5.14. The Labute approximate surface area is 149 Å². The summed E-state index contributed by atoms with van der Waals surface area (Å²) in [4.78, 5) is 12.1. The molecule has 1 atom stereocenters. The molecule has 0 aromatic heterocycles. The molecule has 0 heterocycles. The molecule has 136 valence electrons. The second-order valence-corrected chi connectivity index (χ2v) is 6.03. The number of hydrogen-bond acceptors (Lipinski definition) is 4. The van der Waals surface area contributed by atoms with Crippen LogP contribution in [0, 0.1) is 0 Å². The van der Waals surface area contributed by atoms with Gasteiger partial charge in [-0.2, -0.15) is 0 Å². The first kappa shape index (κ1) is 18.9. The molecule has 0 saturated heterocycles. The third-order valence-electron chi connectivity index (χ3n) is 4.10. The summed E-state index contributed by atoms with van der Waals surface area (Å²) in [6.45, 7) is 4.09. The minimum atomic E-state index is -0.899. The molecule has 1 aromatic rings. The molecule has 4 N–H and O–H groups in total. The highest BCUT2D eigenvalue weighted by Gasteiger charge is 2.25. The van der Waals surface area contributed by atoms with Crippen LogP contribution in [0.3, 0.4) is 0 Å². The van der Waals surface area contributed by atoms with Crippen LogP contribution < -0.4 is 25.8 Å². The average molecular weight is 345 g/mol. The van der Waals surface area contributed by atoms with E-state index < -0.39 is 5.72 Å². The van der Waals surface area contributed by atoms with Gasteiger partial charge in [0.05, 0.1) is 7.11 Å². The number of amides is 2. The molecule has 1 aliphatic carbocycles. The fraction of sp³-hybridized carbons (Fsp3) is 0.421. The van der Waals surface area contributed by atoms with Gasteiger partial charge < -0.3 is 20.1 Å². The fourth-order valence-corrected chi connectivity index (χ4v) is 2.57. The van der Waals surface area contributed by atoms with Crippen LogP contribution in [0.1, 0.15) is 33.1 Å². The summed E-state index contributed by atoms with van der Waals surface area (Å²) in [7, 11) is 1.55. The standard InChI is InChI=1S/C19H27N3O3/c1-4-14(5-2)21-18(23)22-15-9-10-16(17(13-15)24-3)25-19(20)11-7-6-8-12-19/h6-11,13-14H,4-5,12,20H2,1-3H3,(H2,21,22,23). The maximum Gasteiger partial charge on any atom is 0.319 e. The third-order valence-corrected chi connectivity index (χ3v) is 4.10. The topological polar surface area (TPSA) is 85.6 Å². The van der Waals surface area contributed by atoms with Crippen molar-refractivity contribution in [1.29, 1.82) is 0 Å². The van der Waals surface area contributed by atoms with Crippen LogP contribution >= 0.6 is 0 Å². The number of allylic oxidation sites excluding steroid dienone is 2. The van der Waals surface area contributed by atoms with Crippen LogP contribution in [0.15, 0.2) is 42.5 Å². The summed E-state index contributed by atoms with van der Waals surface area (Å²) in [5, 5.41) is 5.74. The molecule has 0 saturated carbocycles. The molecule has 6 heteroatoms. The molecule has 0 fully saturated rings. The number of benzene rings is 1. The largest absolute Gasteiger partial charge is 0.493 e. The molecular formula is C19H27N3O3. The lowest BCUT2D eigenvalue weighted by atomic mass is 10.1. The number of urea groups is 1. The lowest BCUT2D eigenvalue weighted by molar-refractivity contribution is 0.124. The quantitative estimate of drug-likeness (QED) is 0.660. The zero-order chi connectivity index (χ0) is 18.3. The Morgan fingerprint density at radius 2 is 2.04 bits per heavy atom. The van der Waals surface area contributed by atoms with Crippen molar-refractivity contribution in [3.63, 3.8) is 0 Å². The van der Waals surface area contributed by atoms with Gasteiger partial charge >= 0.3 is 6.03 Å². The zero-order valence-electron chi connectivity index (χ0n) is 15.0. The van der Waals surface area contributed by atoms with E-state index in [1.165, 1.54) is 0 Å². The first-order chi connectivity index (χ1) is 12.0. The first-order valence-corrected chi connectivity index (χ1v) is 8.57. The Bertz CT molecular complexity index is 653. The van der Waals surface area contributed by atoms with E-state index in [4.69, 9.17) is 15.2 Å². The first-order valence-electron chi connectivity index (χ1n) is 8.57. The molecule has 1 unspecified atom stereocenters. The van der Waals surface area contributed by atoms with Gasteiger partial charge in [-0.15, -0.1) is 0 Å². The van der Waals surface area contributed by atoms with Crippen LogP contribution in [0.25, 0.3) is 0 Å². The predicted octanol–water partition coefficient (Wildman–Crippen LogP) is 3.56. The van der Waals surface area contributed by atoms with Crippen molar-refractivity contribution in [2.75, 3.05) is 12.4 Å². The summed E-state index contributed by atoms with van der Waals surface area (Å²) >= 11 is 0. The van der Waals surface area contributed by atoms with Gasteiger partial charge in [-0.1, -0.05) is 32.1 Å². The summed E-state index contributed by atoms with van der Waals surface area (Å²) in [5.41, 5.74) is 5.95. The number of carbonyl (C=O) groups excluding carboxylic acids is 1. The Hall–Kier alpha value is -2.47.